The minimum atomic E-state index is -4.38. The maximum atomic E-state index is 12.8. The van der Waals surface area contributed by atoms with Gasteiger partial charge in [0, 0.05) is 36.8 Å². The zero-order valence-corrected chi connectivity index (χ0v) is 18.9. The molecule has 0 amide bonds. The molecule has 0 aliphatic carbocycles. The lowest BCUT2D eigenvalue weighted by molar-refractivity contribution is -0.137. The Hall–Kier alpha value is -2.81. The zero-order chi connectivity index (χ0) is 23.5. The second-order valence-corrected chi connectivity index (χ2v) is 10.1. The highest BCUT2D eigenvalue weighted by molar-refractivity contribution is 7.91. The van der Waals surface area contributed by atoms with Gasteiger partial charge in [-0.1, -0.05) is 12.1 Å². The Morgan fingerprint density at radius 2 is 1.88 bits per heavy atom. The van der Waals surface area contributed by atoms with Crippen molar-refractivity contribution in [2.45, 2.75) is 38.4 Å². The van der Waals surface area contributed by atoms with Crippen molar-refractivity contribution in [3.8, 4) is 11.5 Å². The highest BCUT2D eigenvalue weighted by Gasteiger charge is 2.30. The molecule has 2 aromatic rings. The minimum absolute atomic E-state index is 0.348. The first-order valence-electron chi connectivity index (χ1n) is 10.0. The van der Waals surface area contributed by atoms with E-state index in [1.54, 1.807) is 6.08 Å². The van der Waals surface area contributed by atoms with Gasteiger partial charge in [0.15, 0.2) is 9.84 Å². The monoisotopic (exact) mass is 466 g/mol. The first-order valence-corrected chi connectivity index (χ1v) is 12.0. The summed E-state index contributed by atoms with van der Waals surface area (Å²) in [6.45, 7) is 4.82. The van der Waals surface area contributed by atoms with Gasteiger partial charge in [-0.25, -0.2) is 8.42 Å². The molecule has 9 heteroatoms. The molecule has 0 fully saturated rings. The Labute approximate surface area is 186 Å². The molecule has 1 unspecified atom stereocenters. The van der Waals surface area contributed by atoms with Crippen molar-refractivity contribution in [3.05, 3.63) is 70.9 Å². The van der Waals surface area contributed by atoms with E-state index in [1.807, 2.05) is 25.1 Å². The Bertz CT molecular complexity index is 1120. The van der Waals surface area contributed by atoms with Gasteiger partial charge in [0.2, 0.25) is 0 Å². The van der Waals surface area contributed by atoms with Gasteiger partial charge < -0.3 is 9.64 Å². The maximum Gasteiger partial charge on any atom is 0.416 e. The molecule has 0 bridgehead atoms. The molecule has 2 aromatic carbocycles. The quantitative estimate of drug-likeness (QED) is 0.548. The van der Waals surface area contributed by atoms with Crippen LogP contribution >= 0.6 is 0 Å². The highest BCUT2D eigenvalue weighted by Crippen LogP contribution is 2.34. The Morgan fingerprint density at radius 3 is 2.50 bits per heavy atom. The number of alkyl halides is 3. The molecule has 1 heterocycles. The van der Waals surface area contributed by atoms with Crippen molar-refractivity contribution in [3.63, 3.8) is 0 Å². The van der Waals surface area contributed by atoms with Crippen LogP contribution in [0.25, 0.3) is 0 Å². The average Bonchev–Trinajstić information content (AvgIpc) is 2.72. The van der Waals surface area contributed by atoms with Crippen LogP contribution < -0.4 is 4.74 Å². The van der Waals surface area contributed by atoms with Crippen molar-refractivity contribution < 1.29 is 26.3 Å². The van der Waals surface area contributed by atoms with E-state index >= 15 is 0 Å². The standard InChI is InChI=1S/C23H25F3N2O3S/c1-16(11-13-27-17(2)32(3,29)30)28-14-12-21-18(15-28)5-4-6-22(21)31-20-9-7-19(8-10-20)23(24,25)26/h4-11,13,17H,12,14-15H2,1-3H3/b16-11+,27-13-. The fraction of sp³-hybridized carbons (Fsp3) is 0.348. The van der Waals surface area contributed by atoms with Crippen LogP contribution in [0.2, 0.25) is 0 Å². The second kappa shape index (κ2) is 9.36. The van der Waals surface area contributed by atoms with Crippen molar-refractivity contribution in [1.29, 1.82) is 0 Å². The van der Waals surface area contributed by atoms with Gasteiger partial charge in [0.1, 0.15) is 16.9 Å². The van der Waals surface area contributed by atoms with Crippen LogP contribution in [0.15, 0.2) is 59.2 Å². The van der Waals surface area contributed by atoms with Gasteiger partial charge in [-0.15, -0.1) is 0 Å². The lowest BCUT2D eigenvalue weighted by Crippen LogP contribution is -2.29. The normalized spacial score (nSPS) is 16.2. The fourth-order valence-electron chi connectivity index (χ4n) is 3.30. The SMILES string of the molecule is C/C(=C\C=N/C(C)S(C)(=O)=O)N1CCc2c(cccc2Oc2ccc(C(F)(F)F)cc2)C1. The Morgan fingerprint density at radius 1 is 1.19 bits per heavy atom. The van der Waals surface area contributed by atoms with Crippen LogP contribution in [-0.4, -0.2) is 37.7 Å². The lowest BCUT2D eigenvalue weighted by Gasteiger charge is -2.32. The first kappa shape index (κ1) is 23.8. The number of benzene rings is 2. The van der Waals surface area contributed by atoms with E-state index < -0.39 is 27.0 Å². The van der Waals surface area contributed by atoms with E-state index in [2.05, 4.69) is 9.89 Å². The maximum absolute atomic E-state index is 12.8. The molecule has 1 aliphatic heterocycles. The van der Waals surface area contributed by atoms with E-state index in [0.717, 1.165) is 41.8 Å². The van der Waals surface area contributed by atoms with Crippen LogP contribution in [0.4, 0.5) is 13.2 Å². The number of rotatable bonds is 6. The summed E-state index contributed by atoms with van der Waals surface area (Å²) in [6.07, 6.45) is 0.772. The number of aliphatic imine (C=N–C) groups is 1. The summed E-state index contributed by atoms with van der Waals surface area (Å²) in [6, 6.07) is 10.3. The van der Waals surface area contributed by atoms with E-state index in [1.165, 1.54) is 25.3 Å². The molecule has 0 N–H and O–H groups in total. The predicted octanol–water partition coefficient (Wildman–Crippen LogP) is 5.22. The molecule has 5 nitrogen and oxygen atoms in total. The largest absolute Gasteiger partial charge is 0.457 e. The summed E-state index contributed by atoms with van der Waals surface area (Å²) in [7, 11) is -3.22. The fourth-order valence-corrected chi connectivity index (χ4v) is 3.59. The number of hydrogen-bond acceptors (Lipinski definition) is 5. The third-order valence-corrected chi connectivity index (χ3v) is 6.72. The first-order chi connectivity index (χ1) is 14.9. The molecule has 32 heavy (non-hydrogen) atoms. The van der Waals surface area contributed by atoms with Gasteiger partial charge >= 0.3 is 6.18 Å². The molecule has 0 spiro atoms. The molecular weight excluding hydrogens is 441 g/mol. The smallest absolute Gasteiger partial charge is 0.416 e. The third kappa shape index (κ3) is 5.91. The summed E-state index contributed by atoms with van der Waals surface area (Å²) >= 11 is 0. The van der Waals surface area contributed by atoms with Crippen LogP contribution in [0.5, 0.6) is 11.5 Å². The average molecular weight is 467 g/mol. The van der Waals surface area contributed by atoms with Crippen LogP contribution in [0.1, 0.15) is 30.5 Å². The van der Waals surface area contributed by atoms with Gasteiger partial charge in [-0.3, -0.25) is 4.99 Å². The summed E-state index contributed by atoms with van der Waals surface area (Å²) in [5, 5.41) is -0.793. The van der Waals surface area contributed by atoms with E-state index in [-0.39, 0.29) is 0 Å². The van der Waals surface area contributed by atoms with Crippen molar-refractivity contribution in [1.82, 2.24) is 4.90 Å². The number of nitrogens with zero attached hydrogens (tertiary/aromatic N) is 2. The van der Waals surface area contributed by atoms with Crippen LogP contribution in [0.3, 0.4) is 0 Å². The minimum Gasteiger partial charge on any atom is -0.457 e. The van der Waals surface area contributed by atoms with Crippen LogP contribution in [0, 0.1) is 0 Å². The zero-order valence-electron chi connectivity index (χ0n) is 18.1. The van der Waals surface area contributed by atoms with Gasteiger partial charge in [-0.05, 0) is 62.2 Å². The van der Waals surface area contributed by atoms with Gasteiger partial charge in [-0.2, -0.15) is 13.2 Å². The number of allylic oxidation sites excluding steroid dienone is 2. The lowest BCUT2D eigenvalue weighted by atomic mass is 9.98. The topological polar surface area (TPSA) is 59.0 Å². The molecule has 0 saturated heterocycles. The summed E-state index contributed by atoms with van der Waals surface area (Å²) in [4.78, 5) is 6.20. The summed E-state index contributed by atoms with van der Waals surface area (Å²) < 4.78 is 67.1. The predicted molar refractivity (Wildman–Crippen MR) is 119 cm³/mol. The van der Waals surface area contributed by atoms with Crippen molar-refractivity contribution >= 4 is 16.1 Å². The van der Waals surface area contributed by atoms with E-state index in [9.17, 15) is 21.6 Å². The number of sulfone groups is 1. The molecule has 1 aliphatic rings. The number of fused-ring (bicyclic) bond motifs is 1. The number of halogens is 3. The Balaban J connectivity index is 1.71. The van der Waals surface area contributed by atoms with Gasteiger partial charge in [0.25, 0.3) is 0 Å². The van der Waals surface area contributed by atoms with E-state index in [4.69, 9.17) is 4.74 Å². The van der Waals surface area contributed by atoms with Crippen molar-refractivity contribution in [2.24, 2.45) is 4.99 Å². The molecule has 0 saturated carbocycles. The molecule has 1 atom stereocenters. The third-order valence-electron chi connectivity index (χ3n) is 5.36. The second-order valence-electron chi connectivity index (χ2n) is 7.72. The molecule has 0 radical (unpaired) electrons. The number of hydrogen-bond donors (Lipinski definition) is 0. The van der Waals surface area contributed by atoms with E-state index in [0.29, 0.717) is 24.5 Å². The highest BCUT2D eigenvalue weighted by atomic mass is 32.2. The Kier molecular flexibility index (Phi) is 6.97. The molecular formula is C23H25F3N2O3S. The molecule has 0 aromatic heterocycles. The number of ether oxygens (including phenoxy) is 1. The molecule has 172 valence electrons. The van der Waals surface area contributed by atoms with Gasteiger partial charge in [0.05, 0.1) is 5.56 Å². The summed E-state index contributed by atoms with van der Waals surface area (Å²) in [5.41, 5.74) is 2.33. The molecule has 3 rings (SSSR count). The van der Waals surface area contributed by atoms with Crippen LogP contribution in [-0.2, 0) is 29.0 Å². The summed E-state index contributed by atoms with van der Waals surface area (Å²) in [5.74, 6) is 0.980. The van der Waals surface area contributed by atoms with Crippen molar-refractivity contribution in [2.75, 3.05) is 12.8 Å².